The first-order chi connectivity index (χ1) is 8.04. The average molecular weight is 257 g/mol. The first-order valence-corrected chi connectivity index (χ1v) is 5.32. The predicted octanol–water partition coefficient (Wildman–Crippen LogP) is 0.382. The summed E-state index contributed by atoms with van der Waals surface area (Å²) in [4.78, 5) is 26.0. The minimum atomic E-state index is -0.466. The Morgan fingerprint density at radius 2 is 2.24 bits per heavy atom. The Bertz CT molecular complexity index is 436. The quantitative estimate of drug-likeness (QED) is 0.710. The number of hydrogen-bond donors (Lipinski definition) is 3. The minimum absolute atomic E-state index is 0.0987. The molecule has 0 unspecified atom stereocenters. The number of amides is 2. The van der Waals surface area contributed by atoms with E-state index in [4.69, 9.17) is 17.3 Å². The SMILES string of the molecule is CNc1ncc(C(=O)NCCC(N)=O)cc1Cl. The van der Waals surface area contributed by atoms with Gasteiger partial charge in [0.05, 0.1) is 10.6 Å². The highest BCUT2D eigenvalue weighted by Crippen LogP contribution is 2.19. The summed E-state index contributed by atoms with van der Waals surface area (Å²) in [7, 11) is 1.68. The van der Waals surface area contributed by atoms with Gasteiger partial charge in [0.2, 0.25) is 5.91 Å². The van der Waals surface area contributed by atoms with Crippen LogP contribution in [0, 0.1) is 0 Å². The van der Waals surface area contributed by atoms with Crippen molar-refractivity contribution in [2.75, 3.05) is 18.9 Å². The Morgan fingerprint density at radius 3 is 2.76 bits per heavy atom. The second kappa shape index (κ2) is 6.05. The lowest BCUT2D eigenvalue weighted by Crippen LogP contribution is -2.28. The molecule has 0 radical (unpaired) electrons. The maximum atomic E-state index is 11.6. The molecule has 1 heterocycles. The van der Waals surface area contributed by atoms with Gasteiger partial charge in [0, 0.05) is 26.2 Å². The van der Waals surface area contributed by atoms with Crippen molar-refractivity contribution in [2.45, 2.75) is 6.42 Å². The van der Waals surface area contributed by atoms with Gasteiger partial charge in [-0.1, -0.05) is 11.6 Å². The van der Waals surface area contributed by atoms with Crippen molar-refractivity contribution in [1.82, 2.24) is 10.3 Å². The number of nitrogens with zero attached hydrogens (tertiary/aromatic N) is 1. The zero-order valence-corrected chi connectivity index (χ0v) is 10.0. The molecule has 4 N–H and O–H groups in total. The van der Waals surface area contributed by atoms with Gasteiger partial charge in [-0.15, -0.1) is 0 Å². The monoisotopic (exact) mass is 256 g/mol. The molecule has 17 heavy (non-hydrogen) atoms. The van der Waals surface area contributed by atoms with Gasteiger partial charge < -0.3 is 16.4 Å². The topological polar surface area (TPSA) is 97.1 Å². The van der Waals surface area contributed by atoms with Gasteiger partial charge in [-0.3, -0.25) is 9.59 Å². The summed E-state index contributed by atoms with van der Waals surface area (Å²) < 4.78 is 0. The summed E-state index contributed by atoms with van der Waals surface area (Å²) in [5.41, 5.74) is 5.28. The molecule has 0 atom stereocenters. The van der Waals surface area contributed by atoms with E-state index >= 15 is 0 Å². The fourth-order valence-electron chi connectivity index (χ4n) is 1.15. The third-order valence-electron chi connectivity index (χ3n) is 2.00. The van der Waals surface area contributed by atoms with E-state index in [2.05, 4.69) is 15.6 Å². The molecule has 1 aromatic heterocycles. The van der Waals surface area contributed by atoms with Crippen LogP contribution in [0.5, 0.6) is 0 Å². The smallest absolute Gasteiger partial charge is 0.252 e. The Hall–Kier alpha value is -1.82. The molecule has 0 aliphatic carbocycles. The molecule has 1 aromatic rings. The number of aromatic nitrogens is 1. The molecule has 0 aliphatic rings. The van der Waals surface area contributed by atoms with Gasteiger partial charge in [-0.25, -0.2) is 4.98 Å². The van der Waals surface area contributed by atoms with Crippen LogP contribution in [0.2, 0.25) is 5.02 Å². The van der Waals surface area contributed by atoms with Crippen molar-refractivity contribution >= 4 is 29.2 Å². The molecule has 2 amide bonds. The number of anilines is 1. The number of pyridine rings is 1. The molecule has 0 saturated carbocycles. The standard InChI is InChI=1S/C10H13ClN4O2/c1-13-9-7(11)4-6(5-15-9)10(17)14-3-2-8(12)16/h4-5H,2-3H2,1H3,(H2,12,16)(H,13,15)(H,14,17). The van der Waals surface area contributed by atoms with E-state index in [-0.39, 0.29) is 18.9 Å². The lowest BCUT2D eigenvalue weighted by atomic mass is 10.2. The van der Waals surface area contributed by atoms with E-state index in [9.17, 15) is 9.59 Å². The van der Waals surface area contributed by atoms with Gasteiger partial charge in [0.25, 0.3) is 5.91 Å². The highest BCUT2D eigenvalue weighted by molar-refractivity contribution is 6.33. The Balaban J connectivity index is 2.63. The van der Waals surface area contributed by atoms with E-state index in [1.807, 2.05) is 0 Å². The molecule has 1 rings (SSSR count). The van der Waals surface area contributed by atoms with Crippen molar-refractivity contribution in [2.24, 2.45) is 5.73 Å². The Morgan fingerprint density at radius 1 is 1.53 bits per heavy atom. The van der Waals surface area contributed by atoms with Crippen LogP contribution in [0.3, 0.4) is 0 Å². The number of nitrogens with one attached hydrogen (secondary N) is 2. The van der Waals surface area contributed by atoms with Gasteiger partial charge in [0.1, 0.15) is 5.82 Å². The zero-order valence-electron chi connectivity index (χ0n) is 9.29. The molecule has 0 spiro atoms. The third kappa shape index (κ3) is 3.92. The molecular weight excluding hydrogens is 244 g/mol. The van der Waals surface area contributed by atoms with Crippen molar-refractivity contribution in [3.63, 3.8) is 0 Å². The van der Waals surface area contributed by atoms with Crippen molar-refractivity contribution < 1.29 is 9.59 Å². The fourth-order valence-corrected chi connectivity index (χ4v) is 1.41. The lowest BCUT2D eigenvalue weighted by Gasteiger charge is -2.06. The van der Waals surface area contributed by atoms with Crippen molar-refractivity contribution in [1.29, 1.82) is 0 Å². The molecule has 7 heteroatoms. The number of rotatable bonds is 5. The van der Waals surface area contributed by atoms with Crippen molar-refractivity contribution in [3.8, 4) is 0 Å². The summed E-state index contributed by atoms with van der Waals surface area (Å²) >= 11 is 5.88. The maximum Gasteiger partial charge on any atom is 0.252 e. The van der Waals surface area contributed by atoms with Crippen LogP contribution in [0.4, 0.5) is 5.82 Å². The van der Waals surface area contributed by atoms with Crippen LogP contribution in [0.25, 0.3) is 0 Å². The predicted molar refractivity (Wildman–Crippen MR) is 64.9 cm³/mol. The average Bonchev–Trinajstić information content (AvgIpc) is 2.28. The zero-order chi connectivity index (χ0) is 12.8. The summed E-state index contributed by atoms with van der Waals surface area (Å²) in [5.74, 6) is -0.310. The molecule has 0 saturated heterocycles. The number of carbonyl (C=O) groups excluding carboxylic acids is 2. The number of nitrogens with two attached hydrogens (primary N) is 1. The van der Waals surface area contributed by atoms with Crippen LogP contribution in [0.1, 0.15) is 16.8 Å². The van der Waals surface area contributed by atoms with Crippen LogP contribution in [-0.4, -0.2) is 30.4 Å². The second-order valence-electron chi connectivity index (χ2n) is 3.28. The first-order valence-electron chi connectivity index (χ1n) is 4.94. The minimum Gasteiger partial charge on any atom is -0.372 e. The Kier molecular flexibility index (Phi) is 4.71. The highest BCUT2D eigenvalue weighted by Gasteiger charge is 2.09. The van der Waals surface area contributed by atoms with E-state index in [1.54, 1.807) is 7.05 Å². The van der Waals surface area contributed by atoms with Crippen LogP contribution < -0.4 is 16.4 Å². The summed E-state index contributed by atoms with van der Waals surface area (Å²) in [6, 6.07) is 1.50. The molecule has 0 aliphatic heterocycles. The van der Waals surface area contributed by atoms with Gasteiger partial charge in [-0.05, 0) is 6.07 Å². The normalized spacial score (nSPS) is 9.76. The number of carbonyl (C=O) groups is 2. The fraction of sp³-hybridized carbons (Fsp3) is 0.300. The van der Waals surface area contributed by atoms with Gasteiger partial charge in [0.15, 0.2) is 0 Å². The summed E-state index contributed by atoms with van der Waals surface area (Å²) in [5, 5.41) is 5.68. The molecular formula is C10H13ClN4O2. The van der Waals surface area contributed by atoms with E-state index in [0.717, 1.165) is 0 Å². The number of hydrogen-bond acceptors (Lipinski definition) is 4. The van der Waals surface area contributed by atoms with Crippen LogP contribution in [0.15, 0.2) is 12.3 Å². The van der Waals surface area contributed by atoms with E-state index in [1.165, 1.54) is 12.3 Å². The summed E-state index contributed by atoms with van der Waals surface area (Å²) in [6.45, 7) is 0.194. The second-order valence-corrected chi connectivity index (χ2v) is 3.68. The highest BCUT2D eigenvalue weighted by atomic mass is 35.5. The van der Waals surface area contributed by atoms with Crippen LogP contribution >= 0.6 is 11.6 Å². The van der Waals surface area contributed by atoms with Crippen LogP contribution in [-0.2, 0) is 4.79 Å². The largest absolute Gasteiger partial charge is 0.372 e. The summed E-state index contributed by atoms with van der Waals surface area (Å²) in [6.07, 6.45) is 1.50. The molecule has 0 fully saturated rings. The van der Waals surface area contributed by atoms with E-state index in [0.29, 0.717) is 16.4 Å². The van der Waals surface area contributed by atoms with Crippen molar-refractivity contribution in [3.05, 3.63) is 22.8 Å². The molecule has 6 nitrogen and oxygen atoms in total. The molecule has 92 valence electrons. The number of halogens is 1. The van der Waals surface area contributed by atoms with Gasteiger partial charge >= 0.3 is 0 Å². The molecule has 0 aromatic carbocycles. The Labute approximate surface area is 104 Å². The lowest BCUT2D eigenvalue weighted by molar-refractivity contribution is -0.117. The third-order valence-corrected chi connectivity index (χ3v) is 2.29. The molecule has 0 bridgehead atoms. The van der Waals surface area contributed by atoms with Gasteiger partial charge in [-0.2, -0.15) is 0 Å². The number of primary amides is 1. The first kappa shape index (κ1) is 13.2. The van der Waals surface area contributed by atoms with E-state index < -0.39 is 5.91 Å². The maximum absolute atomic E-state index is 11.6.